The molecule has 0 spiro atoms. The third-order valence-corrected chi connectivity index (χ3v) is 3.74. The lowest BCUT2D eigenvalue weighted by molar-refractivity contribution is -0.121. The summed E-state index contributed by atoms with van der Waals surface area (Å²) in [6, 6.07) is 9.54. The van der Waals surface area contributed by atoms with Gasteiger partial charge in [-0.15, -0.1) is 0 Å². The van der Waals surface area contributed by atoms with E-state index in [2.05, 4.69) is 10.3 Å². The molecule has 0 aliphatic carbocycles. The van der Waals surface area contributed by atoms with Crippen LogP contribution in [0.5, 0.6) is 17.4 Å². The molecule has 1 aliphatic rings. The summed E-state index contributed by atoms with van der Waals surface area (Å²) in [6.45, 7) is 3.24. The second kappa shape index (κ2) is 5.97. The van der Waals surface area contributed by atoms with E-state index < -0.39 is 17.5 Å². The third kappa shape index (κ3) is 3.06. The van der Waals surface area contributed by atoms with E-state index in [-0.39, 0.29) is 17.4 Å². The van der Waals surface area contributed by atoms with E-state index in [9.17, 15) is 9.59 Å². The monoisotopic (exact) mass is 342 g/mol. The Balaban J connectivity index is 1.86. The number of nitrogens with two attached hydrogens (primary N) is 1. The number of pyridine rings is 1. The van der Waals surface area contributed by atoms with Crippen LogP contribution in [0, 0.1) is 0 Å². The van der Waals surface area contributed by atoms with E-state index in [1.165, 1.54) is 12.1 Å². The molecule has 3 rings (SSSR count). The lowest BCUT2D eigenvalue weighted by atomic mass is 10.1. The van der Waals surface area contributed by atoms with Crippen molar-refractivity contribution in [1.82, 2.24) is 10.3 Å². The fourth-order valence-corrected chi connectivity index (χ4v) is 2.45. The molecule has 3 N–H and O–H groups in total. The summed E-state index contributed by atoms with van der Waals surface area (Å²) in [5, 5.41) is 2.59. The van der Waals surface area contributed by atoms with E-state index in [4.69, 9.17) is 15.2 Å². The molecule has 8 nitrogen and oxygen atoms in total. The molecule has 2 heterocycles. The Bertz CT molecular complexity index is 850. The maximum atomic E-state index is 12.4. The predicted octanol–water partition coefficient (Wildman–Crippen LogP) is 2.30. The summed E-state index contributed by atoms with van der Waals surface area (Å²) in [5.74, 6) is 1.02. The summed E-state index contributed by atoms with van der Waals surface area (Å²) in [6.07, 6.45) is 0. The Morgan fingerprint density at radius 2 is 1.88 bits per heavy atom. The number of hydrogen-bond donors (Lipinski definition) is 2. The van der Waals surface area contributed by atoms with Gasteiger partial charge in [0.05, 0.1) is 12.8 Å². The quantitative estimate of drug-likeness (QED) is 0.826. The number of nitrogen functional groups attached to an aromatic ring is 1. The van der Waals surface area contributed by atoms with Crippen molar-refractivity contribution in [3.63, 3.8) is 0 Å². The van der Waals surface area contributed by atoms with Gasteiger partial charge in [0, 0.05) is 12.1 Å². The second-order valence-electron chi connectivity index (χ2n) is 6.03. The first kappa shape index (κ1) is 16.6. The fraction of sp³-hybridized carbons (Fsp3) is 0.235. The number of hydrogen-bond acceptors (Lipinski definition) is 6. The van der Waals surface area contributed by atoms with E-state index in [1.54, 1.807) is 45.2 Å². The molecule has 8 heteroatoms. The molecular formula is C17H18N4O4. The summed E-state index contributed by atoms with van der Waals surface area (Å²) in [7, 11) is 1.56. The minimum absolute atomic E-state index is 0.0154. The number of methoxy groups -OCH3 is 1. The SMILES string of the molecule is COc1cccc(Oc2ccc(N3C(=O)NC(C)(C)C3=O)c(N)n2)c1. The van der Waals surface area contributed by atoms with Gasteiger partial charge in [0.1, 0.15) is 17.0 Å². The molecule has 3 amide bonds. The summed E-state index contributed by atoms with van der Waals surface area (Å²) < 4.78 is 10.8. The Labute approximate surface area is 144 Å². The molecule has 1 aromatic heterocycles. The number of carbonyl (C=O) groups excluding carboxylic acids is 2. The van der Waals surface area contributed by atoms with Crippen LogP contribution >= 0.6 is 0 Å². The number of aromatic nitrogens is 1. The van der Waals surface area contributed by atoms with Gasteiger partial charge >= 0.3 is 6.03 Å². The van der Waals surface area contributed by atoms with Gasteiger partial charge in [-0.2, -0.15) is 4.98 Å². The van der Waals surface area contributed by atoms with Crippen molar-refractivity contribution >= 4 is 23.4 Å². The van der Waals surface area contributed by atoms with E-state index in [1.807, 2.05) is 0 Å². The summed E-state index contributed by atoms with van der Waals surface area (Å²) in [5.41, 5.74) is 5.16. The number of benzene rings is 1. The average Bonchev–Trinajstić information content (AvgIpc) is 2.76. The fourth-order valence-electron chi connectivity index (χ4n) is 2.45. The molecule has 2 aromatic rings. The number of nitrogens with one attached hydrogen (secondary N) is 1. The highest BCUT2D eigenvalue weighted by molar-refractivity contribution is 6.23. The van der Waals surface area contributed by atoms with Crippen LogP contribution in [0.1, 0.15) is 13.8 Å². The van der Waals surface area contributed by atoms with Gasteiger partial charge in [-0.3, -0.25) is 4.79 Å². The minimum Gasteiger partial charge on any atom is -0.497 e. The Morgan fingerprint density at radius 3 is 2.48 bits per heavy atom. The first-order valence-electron chi connectivity index (χ1n) is 7.57. The molecule has 0 radical (unpaired) electrons. The van der Waals surface area contributed by atoms with Crippen molar-refractivity contribution < 1.29 is 19.1 Å². The van der Waals surface area contributed by atoms with Crippen LogP contribution < -0.4 is 25.4 Å². The number of anilines is 2. The van der Waals surface area contributed by atoms with Crippen LogP contribution in [0.2, 0.25) is 0 Å². The van der Waals surface area contributed by atoms with E-state index in [0.717, 1.165) is 4.90 Å². The number of imide groups is 1. The molecule has 0 saturated carbocycles. The highest BCUT2D eigenvalue weighted by Crippen LogP contribution is 2.31. The first-order chi connectivity index (χ1) is 11.8. The lowest BCUT2D eigenvalue weighted by Gasteiger charge is -2.17. The minimum atomic E-state index is -0.987. The largest absolute Gasteiger partial charge is 0.497 e. The molecule has 1 fully saturated rings. The number of ether oxygens (including phenoxy) is 2. The molecule has 1 saturated heterocycles. The maximum absolute atomic E-state index is 12.4. The smallest absolute Gasteiger partial charge is 0.329 e. The first-order valence-corrected chi connectivity index (χ1v) is 7.57. The Kier molecular flexibility index (Phi) is 3.96. The van der Waals surface area contributed by atoms with E-state index in [0.29, 0.717) is 11.5 Å². The van der Waals surface area contributed by atoms with Crippen molar-refractivity contribution in [3.8, 4) is 17.4 Å². The average molecular weight is 342 g/mol. The second-order valence-corrected chi connectivity index (χ2v) is 6.03. The van der Waals surface area contributed by atoms with Gasteiger partial charge < -0.3 is 20.5 Å². The van der Waals surface area contributed by atoms with Gasteiger partial charge in [-0.25, -0.2) is 9.69 Å². The topological polar surface area (TPSA) is 107 Å². The maximum Gasteiger partial charge on any atom is 0.329 e. The predicted molar refractivity (Wildman–Crippen MR) is 91.8 cm³/mol. The molecule has 1 aliphatic heterocycles. The molecule has 0 unspecified atom stereocenters. The normalized spacial score (nSPS) is 15.9. The van der Waals surface area contributed by atoms with Crippen molar-refractivity contribution in [1.29, 1.82) is 0 Å². The standard InChI is InChI=1S/C17H18N4O4/c1-17(2)15(22)21(16(23)20-17)12-7-8-13(19-14(12)18)25-11-6-4-5-10(9-11)24-3/h4-9H,1-3H3,(H2,18,19)(H,20,23). The number of carbonyl (C=O) groups is 2. The van der Waals surface area contributed by atoms with Crippen molar-refractivity contribution in [2.45, 2.75) is 19.4 Å². The number of nitrogens with zero attached hydrogens (tertiary/aromatic N) is 2. The van der Waals surface area contributed by atoms with Crippen LogP contribution in [0.4, 0.5) is 16.3 Å². The van der Waals surface area contributed by atoms with Crippen molar-refractivity contribution in [3.05, 3.63) is 36.4 Å². The number of urea groups is 1. The zero-order chi connectivity index (χ0) is 18.2. The van der Waals surface area contributed by atoms with E-state index >= 15 is 0 Å². The molecule has 130 valence electrons. The number of amides is 3. The van der Waals surface area contributed by atoms with Crippen LogP contribution in [-0.2, 0) is 4.79 Å². The van der Waals surface area contributed by atoms with Crippen LogP contribution in [0.15, 0.2) is 36.4 Å². The van der Waals surface area contributed by atoms with Crippen LogP contribution in [0.25, 0.3) is 0 Å². The van der Waals surface area contributed by atoms with Gasteiger partial charge in [-0.1, -0.05) is 6.07 Å². The Hall–Kier alpha value is -3.29. The van der Waals surface area contributed by atoms with Gasteiger partial charge in [-0.05, 0) is 32.0 Å². The highest BCUT2D eigenvalue weighted by atomic mass is 16.5. The molecule has 25 heavy (non-hydrogen) atoms. The van der Waals surface area contributed by atoms with Crippen LogP contribution in [-0.4, -0.2) is 29.6 Å². The molecule has 0 atom stereocenters. The highest BCUT2D eigenvalue weighted by Gasteiger charge is 2.45. The zero-order valence-electron chi connectivity index (χ0n) is 14.1. The summed E-state index contributed by atoms with van der Waals surface area (Å²) in [4.78, 5) is 29.5. The van der Waals surface area contributed by atoms with Crippen molar-refractivity contribution in [2.75, 3.05) is 17.7 Å². The molecule has 0 bridgehead atoms. The van der Waals surface area contributed by atoms with Gasteiger partial charge in [0.15, 0.2) is 5.82 Å². The Morgan fingerprint density at radius 1 is 1.16 bits per heavy atom. The number of rotatable bonds is 4. The molecular weight excluding hydrogens is 324 g/mol. The van der Waals surface area contributed by atoms with Gasteiger partial charge in [0.2, 0.25) is 5.88 Å². The lowest BCUT2D eigenvalue weighted by Crippen LogP contribution is -2.40. The van der Waals surface area contributed by atoms with Crippen LogP contribution in [0.3, 0.4) is 0 Å². The zero-order valence-corrected chi connectivity index (χ0v) is 14.1. The third-order valence-electron chi connectivity index (χ3n) is 3.74. The van der Waals surface area contributed by atoms with Gasteiger partial charge in [0.25, 0.3) is 5.91 Å². The summed E-state index contributed by atoms with van der Waals surface area (Å²) >= 11 is 0. The van der Waals surface area contributed by atoms with Crippen molar-refractivity contribution in [2.24, 2.45) is 0 Å². The molecule has 1 aromatic carbocycles.